The summed E-state index contributed by atoms with van der Waals surface area (Å²) in [5.74, 6) is 0.372. The number of carbonyl (C=O) groups excluding carboxylic acids is 1. The molecule has 1 aromatic heterocycles. The third kappa shape index (κ3) is 3.88. The molecule has 0 saturated heterocycles. The van der Waals surface area contributed by atoms with Crippen molar-refractivity contribution in [3.63, 3.8) is 0 Å². The van der Waals surface area contributed by atoms with Crippen LogP contribution in [0.5, 0.6) is 10.9 Å². The van der Waals surface area contributed by atoms with Crippen molar-refractivity contribution in [2.45, 2.75) is 19.2 Å². The number of carbonyl (C=O) groups is 1. The minimum absolute atomic E-state index is 0.0437. The molecule has 0 bridgehead atoms. The molecule has 0 saturated carbocycles. The minimum atomic E-state index is -4.46. The maximum Gasteiger partial charge on any atom is 0.416 e. The Kier molecular flexibility index (Phi) is 4.73. The van der Waals surface area contributed by atoms with Gasteiger partial charge in [-0.15, -0.1) is 0 Å². The summed E-state index contributed by atoms with van der Waals surface area (Å²) >= 11 is 1.08. The summed E-state index contributed by atoms with van der Waals surface area (Å²) in [6, 6.07) is 10.1. The minimum Gasteiger partial charge on any atom is -0.486 e. The van der Waals surface area contributed by atoms with Gasteiger partial charge in [0.15, 0.2) is 0 Å². The summed E-state index contributed by atoms with van der Waals surface area (Å²) < 4.78 is 50.5. The number of primary amides is 1. The molecule has 9 heteroatoms. The molecule has 0 aliphatic carbocycles. The molecule has 0 spiro atoms. The van der Waals surface area contributed by atoms with Crippen molar-refractivity contribution in [3.05, 3.63) is 53.6 Å². The normalized spacial score (nSPS) is 12.8. The average Bonchev–Trinajstić information content (AvgIpc) is 2.94. The van der Waals surface area contributed by atoms with E-state index in [1.54, 1.807) is 25.1 Å². The van der Waals surface area contributed by atoms with E-state index in [0.717, 1.165) is 17.4 Å². The van der Waals surface area contributed by atoms with Crippen molar-refractivity contribution in [1.82, 2.24) is 4.98 Å². The number of aromatic nitrogens is 1. The summed E-state index contributed by atoms with van der Waals surface area (Å²) in [6.45, 7) is 1.54. The van der Waals surface area contributed by atoms with Gasteiger partial charge < -0.3 is 15.2 Å². The lowest BCUT2D eigenvalue weighted by molar-refractivity contribution is -0.138. The molecule has 5 nitrogen and oxygen atoms in total. The number of hydrogen-bond acceptors (Lipinski definition) is 5. The van der Waals surface area contributed by atoms with E-state index in [2.05, 4.69) is 4.98 Å². The van der Waals surface area contributed by atoms with Gasteiger partial charge in [-0.3, -0.25) is 0 Å². The third-order valence-electron chi connectivity index (χ3n) is 3.55. The predicted molar refractivity (Wildman–Crippen MR) is 90.3 cm³/mol. The van der Waals surface area contributed by atoms with E-state index in [0.29, 0.717) is 16.0 Å². The van der Waals surface area contributed by atoms with Gasteiger partial charge in [0.05, 0.1) is 15.8 Å². The van der Waals surface area contributed by atoms with Gasteiger partial charge in [-0.2, -0.15) is 13.2 Å². The second-order valence-electron chi connectivity index (χ2n) is 5.38. The largest absolute Gasteiger partial charge is 0.486 e. The molecule has 2 aromatic carbocycles. The van der Waals surface area contributed by atoms with Crippen LogP contribution in [-0.2, 0) is 6.18 Å². The molecule has 3 rings (SSSR count). The zero-order valence-electron chi connectivity index (χ0n) is 13.4. The van der Waals surface area contributed by atoms with Gasteiger partial charge in [-0.1, -0.05) is 29.5 Å². The quantitative estimate of drug-likeness (QED) is 0.696. The first-order chi connectivity index (χ1) is 12.2. The summed E-state index contributed by atoms with van der Waals surface area (Å²) in [6.07, 6.45) is -6.26. The average molecular weight is 382 g/mol. The van der Waals surface area contributed by atoms with Crippen LogP contribution in [0.1, 0.15) is 24.2 Å². The molecule has 1 atom stereocenters. The lowest BCUT2D eigenvalue weighted by Crippen LogP contribution is -2.15. The highest BCUT2D eigenvalue weighted by atomic mass is 32.1. The molecular formula is C17H13F3N2O3S. The molecule has 0 radical (unpaired) electrons. The first kappa shape index (κ1) is 18.0. The van der Waals surface area contributed by atoms with E-state index < -0.39 is 23.9 Å². The zero-order valence-corrected chi connectivity index (χ0v) is 14.2. The predicted octanol–water partition coefficient (Wildman–Crippen LogP) is 4.91. The molecule has 1 unspecified atom stereocenters. The summed E-state index contributed by atoms with van der Waals surface area (Å²) in [7, 11) is 0. The number of hydrogen-bond donors (Lipinski definition) is 1. The number of amides is 1. The van der Waals surface area contributed by atoms with Crippen LogP contribution in [0.25, 0.3) is 10.2 Å². The Morgan fingerprint density at radius 1 is 1.23 bits per heavy atom. The Bertz CT molecular complexity index is 956. The van der Waals surface area contributed by atoms with Gasteiger partial charge in [-0.05, 0) is 31.2 Å². The van der Waals surface area contributed by atoms with Gasteiger partial charge >= 0.3 is 12.3 Å². The molecule has 136 valence electrons. The topological polar surface area (TPSA) is 74.4 Å². The number of thiazole rings is 1. The monoisotopic (exact) mass is 382 g/mol. The highest BCUT2D eigenvalue weighted by molar-refractivity contribution is 7.20. The fraction of sp³-hybridized carbons (Fsp3) is 0.176. The van der Waals surface area contributed by atoms with Gasteiger partial charge in [0, 0.05) is 5.56 Å². The smallest absolute Gasteiger partial charge is 0.416 e. The lowest BCUT2D eigenvalue weighted by Gasteiger charge is -2.19. The van der Waals surface area contributed by atoms with Crippen LogP contribution in [0.2, 0.25) is 0 Å². The van der Waals surface area contributed by atoms with E-state index in [1.807, 2.05) is 0 Å². The molecule has 2 N–H and O–H groups in total. The van der Waals surface area contributed by atoms with Crippen molar-refractivity contribution in [2.75, 3.05) is 0 Å². The molecule has 0 aliphatic heterocycles. The van der Waals surface area contributed by atoms with Crippen molar-refractivity contribution in [3.8, 4) is 10.9 Å². The van der Waals surface area contributed by atoms with Crippen LogP contribution in [0.15, 0.2) is 42.5 Å². The molecule has 0 aliphatic rings. The second-order valence-corrected chi connectivity index (χ2v) is 6.37. The molecule has 26 heavy (non-hydrogen) atoms. The highest BCUT2D eigenvalue weighted by Gasteiger charge is 2.34. The number of alkyl halides is 3. The van der Waals surface area contributed by atoms with Crippen LogP contribution in [0.3, 0.4) is 0 Å². The van der Waals surface area contributed by atoms with Gasteiger partial charge in [0.2, 0.25) is 0 Å². The molecule has 3 aromatic rings. The Hall–Kier alpha value is -2.81. The highest BCUT2D eigenvalue weighted by Crippen LogP contribution is 2.37. The van der Waals surface area contributed by atoms with Crippen LogP contribution in [0.4, 0.5) is 18.0 Å². The fourth-order valence-electron chi connectivity index (χ4n) is 2.46. The van der Waals surface area contributed by atoms with Crippen LogP contribution >= 0.6 is 11.3 Å². The summed E-state index contributed by atoms with van der Waals surface area (Å²) in [5, 5.41) is 0.0834. The first-order valence-corrected chi connectivity index (χ1v) is 8.26. The van der Waals surface area contributed by atoms with Crippen LogP contribution < -0.4 is 15.2 Å². The number of nitrogens with two attached hydrogens (primary N) is 1. The van der Waals surface area contributed by atoms with Gasteiger partial charge in [0.1, 0.15) is 11.9 Å². The maximum absolute atomic E-state index is 13.1. The fourth-order valence-corrected chi connectivity index (χ4v) is 3.31. The van der Waals surface area contributed by atoms with Gasteiger partial charge in [0.25, 0.3) is 5.19 Å². The molecular weight excluding hydrogens is 369 g/mol. The second kappa shape index (κ2) is 6.83. The maximum atomic E-state index is 13.1. The van der Waals surface area contributed by atoms with Crippen molar-refractivity contribution >= 4 is 27.6 Å². The first-order valence-electron chi connectivity index (χ1n) is 7.44. The van der Waals surface area contributed by atoms with Crippen LogP contribution in [0, 0.1) is 0 Å². The number of benzene rings is 2. The number of ether oxygens (including phenoxy) is 2. The third-order valence-corrected chi connectivity index (χ3v) is 4.44. The zero-order chi connectivity index (χ0) is 18.9. The molecule has 1 amide bonds. The summed E-state index contributed by atoms with van der Waals surface area (Å²) in [5.41, 5.74) is 4.81. The molecule has 1 heterocycles. The van der Waals surface area contributed by atoms with Crippen molar-refractivity contribution in [1.29, 1.82) is 0 Å². The standard InChI is InChI=1S/C17H13F3N2O3S/c1-9(11-4-2-3-5-12(11)17(18,19)20)24-10-6-7-13-14(8-10)26-16(22-13)25-15(21)23/h2-9H,1H3,(H2,21,23). The lowest BCUT2D eigenvalue weighted by atomic mass is 10.0. The Morgan fingerprint density at radius 2 is 1.96 bits per heavy atom. The van der Waals surface area contributed by atoms with E-state index in [1.165, 1.54) is 18.2 Å². The van der Waals surface area contributed by atoms with Crippen molar-refractivity contribution in [2.24, 2.45) is 5.73 Å². The van der Waals surface area contributed by atoms with E-state index >= 15 is 0 Å². The number of nitrogens with zero attached hydrogens (tertiary/aromatic N) is 1. The Morgan fingerprint density at radius 3 is 2.65 bits per heavy atom. The van der Waals surface area contributed by atoms with E-state index in [4.69, 9.17) is 15.2 Å². The van der Waals surface area contributed by atoms with Gasteiger partial charge in [-0.25, -0.2) is 9.78 Å². The Balaban J connectivity index is 1.86. The van der Waals surface area contributed by atoms with E-state index in [9.17, 15) is 18.0 Å². The van der Waals surface area contributed by atoms with Crippen molar-refractivity contribution < 1.29 is 27.4 Å². The number of rotatable bonds is 4. The number of fused-ring (bicyclic) bond motifs is 1. The van der Waals surface area contributed by atoms with E-state index in [-0.39, 0.29) is 10.8 Å². The SMILES string of the molecule is CC(Oc1ccc2nc(OC(N)=O)sc2c1)c1ccccc1C(F)(F)F. The number of halogens is 3. The molecule has 0 fully saturated rings. The Labute approximate surface area is 150 Å². The van der Waals surface area contributed by atoms with Crippen LogP contribution in [-0.4, -0.2) is 11.1 Å². The summed E-state index contributed by atoms with van der Waals surface area (Å²) in [4.78, 5) is 14.8.